The fraction of sp³-hybridized carbons (Fsp3) is 0.176. The lowest BCUT2D eigenvalue weighted by Gasteiger charge is -2.32. The minimum atomic E-state index is -0.428. The smallest absolute Gasteiger partial charge is 0.399 e. The van der Waals surface area contributed by atoms with Crippen LogP contribution in [0.1, 0.15) is 27.7 Å². The number of fused-ring (bicyclic) bond motifs is 4. The van der Waals surface area contributed by atoms with Crippen LogP contribution in [-0.4, -0.2) is 28.3 Å². The third-order valence-corrected chi connectivity index (χ3v) is 8.33. The van der Waals surface area contributed by atoms with Gasteiger partial charge in [0.15, 0.2) is 0 Å². The Kier molecular flexibility index (Phi) is 5.38. The van der Waals surface area contributed by atoms with Crippen LogP contribution >= 0.6 is 0 Å². The van der Waals surface area contributed by atoms with Crippen molar-refractivity contribution in [2.75, 3.05) is 0 Å². The summed E-state index contributed by atoms with van der Waals surface area (Å²) in [6.07, 6.45) is 0. The topological polar surface area (TPSA) is 44.2 Å². The summed E-state index contributed by atoms with van der Waals surface area (Å²) in [5, 5.41) is 4.38. The lowest BCUT2D eigenvalue weighted by molar-refractivity contribution is 0.00578. The third-order valence-electron chi connectivity index (χ3n) is 8.33. The van der Waals surface area contributed by atoms with Gasteiger partial charge in [-0.15, -0.1) is 0 Å². The number of benzene rings is 4. The second-order valence-electron chi connectivity index (χ2n) is 11.3. The predicted molar refractivity (Wildman–Crippen MR) is 161 cm³/mol. The normalized spacial score (nSPS) is 16.4. The van der Waals surface area contributed by atoms with Crippen LogP contribution in [0.4, 0.5) is 0 Å². The fourth-order valence-electron chi connectivity index (χ4n) is 5.41. The Bertz CT molecular complexity index is 1870. The van der Waals surface area contributed by atoms with E-state index in [0.717, 1.165) is 60.6 Å². The van der Waals surface area contributed by atoms with Crippen LogP contribution < -0.4 is 5.46 Å². The summed E-state index contributed by atoms with van der Waals surface area (Å²) in [7, 11) is -0.428. The van der Waals surface area contributed by atoms with Crippen molar-refractivity contribution >= 4 is 45.2 Å². The molecule has 1 aliphatic rings. The van der Waals surface area contributed by atoms with Crippen molar-refractivity contribution in [1.29, 1.82) is 0 Å². The molecule has 0 unspecified atom stereocenters. The highest BCUT2D eigenvalue weighted by molar-refractivity contribution is 6.65. The first-order chi connectivity index (χ1) is 18.8. The second-order valence-corrected chi connectivity index (χ2v) is 11.3. The minimum absolute atomic E-state index is 0.399. The molecule has 0 amide bonds. The van der Waals surface area contributed by atoms with E-state index in [-0.39, 0.29) is 0 Å². The van der Waals surface area contributed by atoms with Crippen LogP contribution in [0.5, 0.6) is 0 Å². The van der Waals surface area contributed by atoms with Gasteiger partial charge in [0, 0.05) is 21.9 Å². The number of nitrogens with zero attached hydrogens (tertiary/aromatic N) is 2. The molecule has 1 aliphatic heterocycles. The van der Waals surface area contributed by atoms with Gasteiger partial charge in [0.1, 0.15) is 0 Å². The van der Waals surface area contributed by atoms with E-state index in [1.807, 2.05) is 18.2 Å². The molecular formula is C34H29BN2O2. The Balaban J connectivity index is 1.38. The van der Waals surface area contributed by atoms with E-state index < -0.39 is 18.3 Å². The lowest BCUT2D eigenvalue weighted by atomic mass is 9.75. The summed E-state index contributed by atoms with van der Waals surface area (Å²) in [5.41, 5.74) is 6.08. The minimum Gasteiger partial charge on any atom is -0.399 e. The SMILES string of the molecule is CC1(C)OB(c2ccc(-c3ccc4ccc5ccc(-c6ccccc6)nc5c4n3)c3ccccc23)OC1(C)C. The zero-order chi connectivity index (χ0) is 26.8. The molecule has 0 radical (unpaired) electrons. The van der Waals surface area contributed by atoms with Gasteiger partial charge in [0.05, 0.1) is 33.6 Å². The van der Waals surface area contributed by atoms with Crippen molar-refractivity contribution in [3.63, 3.8) is 0 Å². The maximum atomic E-state index is 6.41. The lowest BCUT2D eigenvalue weighted by Crippen LogP contribution is -2.41. The summed E-state index contributed by atoms with van der Waals surface area (Å²) < 4.78 is 12.8. The van der Waals surface area contributed by atoms with Gasteiger partial charge in [-0.2, -0.15) is 0 Å². The molecular weight excluding hydrogens is 479 g/mol. The van der Waals surface area contributed by atoms with Crippen molar-refractivity contribution < 1.29 is 9.31 Å². The van der Waals surface area contributed by atoms with E-state index >= 15 is 0 Å². The average Bonchev–Trinajstić information content (AvgIpc) is 3.18. The zero-order valence-electron chi connectivity index (χ0n) is 22.6. The molecule has 190 valence electrons. The van der Waals surface area contributed by atoms with Crippen LogP contribution in [0.2, 0.25) is 0 Å². The van der Waals surface area contributed by atoms with E-state index in [2.05, 4.69) is 113 Å². The molecule has 1 fully saturated rings. The van der Waals surface area contributed by atoms with Crippen molar-refractivity contribution in [2.45, 2.75) is 38.9 Å². The predicted octanol–water partition coefficient (Wildman–Crippen LogP) is 7.57. The first-order valence-corrected chi connectivity index (χ1v) is 13.4. The van der Waals surface area contributed by atoms with Gasteiger partial charge >= 0.3 is 7.12 Å². The third kappa shape index (κ3) is 3.92. The van der Waals surface area contributed by atoms with Crippen LogP contribution in [-0.2, 0) is 9.31 Å². The van der Waals surface area contributed by atoms with Gasteiger partial charge in [-0.1, -0.05) is 91.0 Å². The molecule has 1 saturated heterocycles. The van der Waals surface area contributed by atoms with Gasteiger partial charge < -0.3 is 9.31 Å². The highest BCUT2D eigenvalue weighted by atomic mass is 16.7. The average molecular weight is 508 g/mol. The van der Waals surface area contributed by atoms with Crippen molar-refractivity contribution in [1.82, 2.24) is 9.97 Å². The maximum Gasteiger partial charge on any atom is 0.495 e. The van der Waals surface area contributed by atoms with Crippen LogP contribution in [0.15, 0.2) is 103 Å². The molecule has 4 nitrogen and oxygen atoms in total. The zero-order valence-corrected chi connectivity index (χ0v) is 22.6. The van der Waals surface area contributed by atoms with Crippen LogP contribution in [0.3, 0.4) is 0 Å². The summed E-state index contributed by atoms with van der Waals surface area (Å²) in [5.74, 6) is 0. The molecule has 0 N–H and O–H groups in total. The molecule has 0 saturated carbocycles. The Labute approximate surface area is 228 Å². The highest BCUT2D eigenvalue weighted by Gasteiger charge is 2.52. The maximum absolute atomic E-state index is 6.41. The molecule has 7 rings (SSSR count). The number of rotatable bonds is 3. The van der Waals surface area contributed by atoms with Crippen LogP contribution in [0, 0.1) is 0 Å². The van der Waals surface area contributed by atoms with E-state index in [4.69, 9.17) is 19.3 Å². The van der Waals surface area contributed by atoms with Gasteiger partial charge in [-0.3, -0.25) is 0 Å². The van der Waals surface area contributed by atoms with Gasteiger partial charge in [-0.25, -0.2) is 9.97 Å². The number of hydrogen-bond acceptors (Lipinski definition) is 4. The molecule has 0 atom stereocenters. The van der Waals surface area contributed by atoms with Crippen molar-refractivity contribution in [3.8, 4) is 22.5 Å². The molecule has 4 aromatic carbocycles. The summed E-state index contributed by atoms with van der Waals surface area (Å²) in [6.45, 7) is 8.35. The molecule has 0 spiro atoms. The molecule has 3 heterocycles. The summed E-state index contributed by atoms with van der Waals surface area (Å²) >= 11 is 0. The number of hydrogen-bond donors (Lipinski definition) is 0. The Morgan fingerprint density at radius 2 is 1.08 bits per heavy atom. The Morgan fingerprint density at radius 1 is 0.538 bits per heavy atom. The van der Waals surface area contributed by atoms with E-state index in [0.29, 0.717) is 0 Å². The molecule has 2 aromatic heterocycles. The Morgan fingerprint density at radius 3 is 1.74 bits per heavy atom. The molecule has 39 heavy (non-hydrogen) atoms. The first kappa shape index (κ1) is 24.0. The molecule has 6 aromatic rings. The first-order valence-electron chi connectivity index (χ1n) is 13.4. The quantitative estimate of drug-likeness (QED) is 0.183. The highest BCUT2D eigenvalue weighted by Crippen LogP contribution is 2.38. The van der Waals surface area contributed by atoms with Crippen molar-refractivity contribution in [3.05, 3.63) is 103 Å². The van der Waals surface area contributed by atoms with Gasteiger partial charge in [0.2, 0.25) is 0 Å². The van der Waals surface area contributed by atoms with Crippen molar-refractivity contribution in [2.24, 2.45) is 0 Å². The van der Waals surface area contributed by atoms with E-state index in [1.54, 1.807) is 0 Å². The van der Waals surface area contributed by atoms with Gasteiger partial charge in [-0.05, 0) is 56.1 Å². The standard InChI is InChI=1S/C34H29BN2O2/c1-33(2)34(3,4)39-35(38-33)28-19-18-27(25-12-8-9-13-26(25)28)30-21-17-24-15-14-23-16-20-29(22-10-6-5-7-11-22)36-31(23)32(24)37-30/h5-21H,1-4H3. The fourth-order valence-corrected chi connectivity index (χ4v) is 5.41. The van der Waals surface area contributed by atoms with Gasteiger partial charge in [0.25, 0.3) is 0 Å². The monoisotopic (exact) mass is 508 g/mol. The Hall–Kier alpha value is -4.06. The van der Waals surface area contributed by atoms with E-state index in [9.17, 15) is 0 Å². The molecule has 0 aliphatic carbocycles. The second kappa shape index (κ2) is 8.73. The summed E-state index contributed by atoms with van der Waals surface area (Å²) in [4.78, 5) is 10.3. The van der Waals surface area contributed by atoms with E-state index in [1.165, 1.54) is 0 Å². The number of pyridine rings is 2. The largest absolute Gasteiger partial charge is 0.495 e. The number of aromatic nitrogens is 2. The molecule has 0 bridgehead atoms. The summed E-state index contributed by atoms with van der Waals surface area (Å²) in [6, 6.07) is 35.7. The molecule has 5 heteroatoms. The van der Waals surface area contributed by atoms with Crippen LogP contribution in [0.25, 0.3) is 55.1 Å².